The molecule has 1 atom stereocenters. The lowest BCUT2D eigenvalue weighted by atomic mass is 10.3. The minimum Gasteiger partial charge on any atom is -0.490 e. The van der Waals surface area contributed by atoms with Crippen LogP contribution in [0.25, 0.3) is 0 Å². The quantitative estimate of drug-likeness (QED) is 0.399. The molecule has 0 saturated heterocycles. The molecular weight excluding hydrogens is 210 g/mol. The van der Waals surface area contributed by atoms with Gasteiger partial charge in [-0.3, -0.25) is 0 Å². The highest BCUT2D eigenvalue weighted by molar-refractivity contribution is 5.62. The van der Waals surface area contributed by atoms with Gasteiger partial charge in [-0.05, 0) is 6.42 Å². The summed E-state index contributed by atoms with van der Waals surface area (Å²) in [6.45, 7) is 2.30. The number of hydrogen-bond donors (Lipinski definition) is 4. The lowest BCUT2D eigenvalue weighted by molar-refractivity contribution is 0.183. The van der Waals surface area contributed by atoms with E-state index in [2.05, 4.69) is 20.7 Å². The number of anilines is 2. The van der Waals surface area contributed by atoms with E-state index in [0.29, 0.717) is 30.4 Å². The monoisotopic (exact) mass is 227 g/mol. The Morgan fingerprint density at radius 3 is 2.75 bits per heavy atom. The van der Waals surface area contributed by atoms with Gasteiger partial charge in [0.15, 0.2) is 11.6 Å². The maximum absolute atomic E-state index is 9.42. The standard InChI is InChI=1S/C9H17N5O2/c1-3-6(15)4-11-8-7(16-2)9(14-10)13-5-12-8/h5-6,15H,3-4,10H2,1-2H3,(H2,11,12,13,14). The van der Waals surface area contributed by atoms with Gasteiger partial charge in [0.05, 0.1) is 13.2 Å². The molecule has 1 heterocycles. The summed E-state index contributed by atoms with van der Waals surface area (Å²) in [5.74, 6) is 6.60. The molecule has 0 saturated carbocycles. The van der Waals surface area contributed by atoms with Gasteiger partial charge in [-0.2, -0.15) is 0 Å². The summed E-state index contributed by atoms with van der Waals surface area (Å²) in [6.07, 6.45) is 1.61. The van der Waals surface area contributed by atoms with Crippen LogP contribution in [0.4, 0.5) is 11.6 Å². The van der Waals surface area contributed by atoms with Crippen molar-refractivity contribution < 1.29 is 9.84 Å². The minimum absolute atomic E-state index is 0.394. The molecule has 0 aliphatic rings. The number of nitrogens with two attached hydrogens (primary N) is 1. The number of nitrogens with one attached hydrogen (secondary N) is 2. The molecule has 0 spiro atoms. The van der Waals surface area contributed by atoms with Gasteiger partial charge < -0.3 is 20.6 Å². The van der Waals surface area contributed by atoms with Crippen LogP contribution >= 0.6 is 0 Å². The molecule has 16 heavy (non-hydrogen) atoms. The van der Waals surface area contributed by atoms with Gasteiger partial charge in [0.1, 0.15) is 6.33 Å². The van der Waals surface area contributed by atoms with Crippen molar-refractivity contribution in [3.8, 4) is 5.75 Å². The highest BCUT2D eigenvalue weighted by atomic mass is 16.5. The molecule has 1 aromatic rings. The number of rotatable bonds is 6. The fourth-order valence-electron chi connectivity index (χ4n) is 1.15. The molecule has 0 aromatic carbocycles. The number of aliphatic hydroxyl groups is 1. The van der Waals surface area contributed by atoms with Crippen LogP contribution in [0, 0.1) is 0 Å². The molecule has 7 heteroatoms. The maximum Gasteiger partial charge on any atom is 0.205 e. The Kier molecular flexibility index (Phi) is 4.74. The van der Waals surface area contributed by atoms with Gasteiger partial charge in [0.2, 0.25) is 5.75 Å². The normalized spacial score (nSPS) is 12.0. The van der Waals surface area contributed by atoms with Crippen LogP contribution in [0.2, 0.25) is 0 Å². The van der Waals surface area contributed by atoms with Crippen LogP contribution in [0.1, 0.15) is 13.3 Å². The molecule has 1 aromatic heterocycles. The summed E-state index contributed by atoms with van der Waals surface area (Å²) < 4.78 is 5.12. The van der Waals surface area contributed by atoms with Crippen molar-refractivity contribution in [1.82, 2.24) is 9.97 Å². The highest BCUT2D eigenvalue weighted by Gasteiger charge is 2.11. The van der Waals surface area contributed by atoms with E-state index in [9.17, 15) is 5.11 Å². The fourth-order valence-corrected chi connectivity index (χ4v) is 1.15. The fraction of sp³-hybridized carbons (Fsp3) is 0.556. The zero-order valence-electron chi connectivity index (χ0n) is 9.40. The predicted octanol–water partition coefficient (Wildman–Crippen LogP) is -0.0464. The molecule has 1 rings (SSSR count). The summed E-state index contributed by atoms with van der Waals surface area (Å²) >= 11 is 0. The Bertz CT molecular complexity index is 334. The summed E-state index contributed by atoms with van der Waals surface area (Å²) in [4.78, 5) is 7.91. The van der Waals surface area contributed by atoms with Gasteiger partial charge in [0, 0.05) is 6.54 Å². The molecule has 0 fully saturated rings. The van der Waals surface area contributed by atoms with Crippen LogP contribution in [0.3, 0.4) is 0 Å². The zero-order chi connectivity index (χ0) is 12.0. The van der Waals surface area contributed by atoms with Gasteiger partial charge in [-0.1, -0.05) is 6.92 Å². The van der Waals surface area contributed by atoms with E-state index in [0.717, 1.165) is 0 Å². The third kappa shape index (κ3) is 2.94. The third-order valence-corrected chi connectivity index (χ3v) is 2.12. The van der Waals surface area contributed by atoms with E-state index >= 15 is 0 Å². The molecule has 1 unspecified atom stereocenters. The Morgan fingerprint density at radius 2 is 2.19 bits per heavy atom. The molecule has 7 nitrogen and oxygen atoms in total. The first-order chi connectivity index (χ1) is 7.72. The summed E-state index contributed by atoms with van der Waals surface area (Å²) in [7, 11) is 1.50. The van der Waals surface area contributed by atoms with E-state index < -0.39 is 6.10 Å². The van der Waals surface area contributed by atoms with Crippen molar-refractivity contribution in [1.29, 1.82) is 0 Å². The number of nitrogen functional groups attached to an aromatic ring is 1. The number of aliphatic hydroxyl groups excluding tert-OH is 1. The second-order valence-corrected chi connectivity index (χ2v) is 3.19. The first kappa shape index (κ1) is 12.5. The zero-order valence-corrected chi connectivity index (χ0v) is 9.40. The summed E-state index contributed by atoms with van der Waals surface area (Å²) in [5, 5.41) is 12.4. The maximum atomic E-state index is 9.42. The lowest BCUT2D eigenvalue weighted by Gasteiger charge is -2.14. The first-order valence-electron chi connectivity index (χ1n) is 5.00. The molecule has 90 valence electrons. The SMILES string of the molecule is CCC(O)CNc1ncnc(NN)c1OC. The van der Waals surface area contributed by atoms with Crippen LogP contribution in [-0.4, -0.2) is 34.8 Å². The van der Waals surface area contributed by atoms with Crippen molar-refractivity contribution >= 4 is 11.6 Å². The van der Waals surface area contributed by atoms with Crippen LogP contribution in [0.15, 0.2) is 6.33 Å². The molecule has 0 bridgehead atoms. The molecule has 0 aliphatic carbocycles. The van der Waals surface area contributed by atoms with E-state index in [4.69, 9.17) is 10.6 Å². The Balaban J connectivity index is 2.78. The van der Waals surface area contributed by atoms with E-state index in [1.54, 1.807) is 0 Å². The van der Waals surface area contributed by atoms with Gasteiger partial charge in [-0.25, -0.2) is 15.8 Å². The van der Waals surface area contributed by atoms with Crippen molar-refractivity contribution in [2.45, 2.75) is 19.4 Å². The van der Waals surface area contributed by atoms with E-state index in [1.807, 2.05) is 6.92 Å². The van der Waals surface area contributed by atoms with Crippen LogP contribution in [0.5, 0.6) is 5.75 Å². The summed E-state index contributed by atoms with van der Waals surface area (Å²) in [5.41, 5.74) is 2.41. The van der Waals surface area contributed by atoms with Crippen molar-refractivity contribution in [2.24, 2.45) is 5.84 Å². The van der Waals surface area contributed by atoms with Crippen LogP contribution < -0.4 is 21.3 Å². The minimum atomic E-state index is -0.422. The van der Waals surface area contributed by atoms with Crippen molar-refractivity contribution in [2.75, 3.05) is 24.4 Å². The van der Waals surface area contributed by atoms with Gasteiger partial charge in [0.25, 0.3) is 0 Å². The second-order valence-electron chi connectivity index (χ2n) is 3.19. The Morgan fingerprint density at radius 1 is 1.50 bits per heavy atom. The topological polar surface area (TPSA) is 105 Å². The average molecular weight is 227 g/mol. The average Bonchev–Trinajstić information content (AvgIpc) is 2.34. The number of methoxy groups -OCH3 is 1. The Hall–Kier alpha value is -1.60. The first-order valence-corrected chi connectivity index (χ1v) is 5.00. The molecule has 5 N–H and O–H groups in total. The van der Waals surface area contributed by atoms with Crippen molar-refractivity contribution in [3.63, 3.8) is 0 Å². The third-order valence-electron chi connectivity index (χ3n) is 2.12. The number of hydrazine groups is 1. The number of hydrogen-bond acceptors (Lipinski definition) is 7. The lowest BCUT2D eigenvalue weighted by Crippen LogP contribution is -2.20. The largest absolute Gasteiger partial charge is 0.490 e. The molecule has 0 aliphatic heterocycles. The smallest absolute Gasteiger partial charge is 0.205 e. The molecular formula is C9H17N5O2. The molecule has 0 amide bonds. The highest BCUT2D eigenvalue weighted by Crippen LogP contribution is 2.27. The van der Waals surface area contributed by atoms with Gasteiger partial charge in [-0.15, -0.1) is 0 Å². The summed E-state index contributed by atoms with van der Waals surface area (Å²) in [6, 6.07) is 0. The predicted molar refractivity (Wildman–Crippen MR) is 61.2 cm³/mol. The van der Waals surface area contributed by atoms with E-state index in [-0.39, 0.29) is 0 Å². The van der Waals surface area contributed by atoms with Gasteiger partial charge >= 0.3 is 0 Å². The van der Waals surface area contributed by atoms with E-state index in [1.165, 1.54) is 13.4 Å². The number of aromatic nitrogens is 2. The van der Waals surface area contributed by atoms with Crippen LogP contribution in [-0.2, 0) is 0 Å². The van der Waals surface area contributed by atoms with Crippen molar-refractivity contribution in [3.05, 3.63) is 6.33 Å². The Labute approximate surface area is 94.0 Å². The number of ether oxygens (including phenoxy) is 1. The molecule has 0 radical (unpaired) electrons. The second kappa shape index (κ2) is 6.09. The number of nitrogens with zero attached hydrogens (tertiary/aromatic N) is 2.